The van der Waals surface area contributed by atoms with E-state index in [1.807, 2.05) is 6.26 Å². The normalized spacial score (nSPS) is 15.1. The van der Waals surface area contributed by atoms with Crippen molar-refractivity contribution in [3.8, 4) is 0 Å². The van der Waals surface area contributed by atoms with Crippen LogP contribution in [-0.4, -0.2) is 28.6 Å². The van der Waals surface area contributed by atoms with Gasteiger partial charge in [0.1, 0.15) is 6.04 Å². The van der Waals surface area contributed by atoms with E-state index < -0.39 is 12.0 Å². The summed E-state index contributed by atoms with van der Waals surface area (Å²) < 4.78 is 0. The van der Waals surface area contributed by atoms with E-state index in [1.54, 1.807) is 6.92 Å². The fourth-order valence-corrected chi connectivity index (χ4v) is 0.757. The summed E-state index contributed by atoms with van der Waals surface area (Å²) in [6.07, 6.45) is 1.84. The Morgan fingerprint density at radius 1 is 1.70 bits per heavy atom. The van der Waals surface area contributed by atoms with Gasteiger partial charge in [-0.05, 0) is 6.26 Å². The predicted octanol–water partition coefficient (Wildman–Crippen LogP) is 0.572. The van der Waals surface area contributed by atoms with Crippen LogP contribution < -0.4 is 5.73 Å². The van der Waals surface area contributed by atoms with Gasteiger partial charge < -0.3 is 10.8 Å². The first-order valence-corrected chi connectivity index (χ1v) is 3.89. The molecule has 0 bridgehead atoms. The van der Waals surface area contributed by atoms with Crippen molar-refractivity contribution in [2.75, 3.05) is 6.26 Å². The number of carboxylic acids is 1. The third-order valence-corrected chi connectivity index (χ3v) is 2.20. The van der Waals surface area contributed by atoms with Crippen LogP contribution in [0.3, 0.4) is 0 Å². The van der Waals surface area contributed by atoms with E-state index >= 15 is 0 Å². The lowest BCUT2D eigenvalue weighted by atomic mass is 10.2. The molecule has 0 aromatic carbocycles. The van der Waals surface area contributed by atoms with E-state index in [0.29, 0.717) is 0 Å². The summed E-state index contributed by atoms with van der Waals surface area (Å²) in [6.45, 7) is 1.80. The van der Waals surface area contributed by atoms with Crippen LogP contribution in [-0.2, 0) is 4.79 Å². The average Bonchev–Trinajstić information content (AvgIpc) is 1.84. The van der Waals surface area contributed by atoms with E-state index in [9.17, 15) is 4.79 Å². The van der Waals surface area contributed by atoms with Crippen molar-refractivity contribution in [3.63, 3.8) is 0 Å². The standard InChI is InChI=1S/C5H11NO2S.ClH/c1-3(9-2)4(6)5(7)8;/h3-4H,6H2,1-2H3,(H,7,8);1H. The Morgan fingerprint density at radius 2 is 2.10 bits per heavy atom. The van der Waals surface area contributed by atoms with Crippen LogP contribution in [0.1, 0.15) is 6.92 Å². The third-order valence-electron chi connectivity index (χ3n) is 1.16. The van der Waals surface area contributed by atoms with Crippen LogP contribution in [0.15, 0.2) is 0 Å². The lowest BCUT2D eigenvalue weighted by Gasteiger charge is -2.11. The van der Waals surface area contributed by atoms with Crippen LogP contribution in [0.25, 0.3) is 0 Å². The van der Waals surface area contributed by atoms with Gasteiger partial charge in [-0.15, -0.1) is 12.4 Å². The number of halogens is 1. The molecule has 0 fully saturated rings. The maximum absolute atomic E-state index is 10.2. The zero-order valence-corrected chi connectivity index (χ0v) is 7.54. The number of thioether (sulfide) groups is 1. The molecule has 3 nitrogen and oxygen atoms in total. The maximum Gasteiger partial charge on any atom is 0.321 e. The minimum absolute atomic E-state index is 0. The molecular weight excluding hydrogens is 174 g/mol. The molecular formula is C5H12ClNO2S. The topological polar surface area (TPSA) is 63.3 Å². The minimum atomic E-state index is -0.933. The zero-order chi connectivity index (χ0) is 7.44. The molecule has 0 aliphatic carbocycles. The molecule has 0 aliphatic rings. The van der Waals surface area contributed by atoms with Gasteiger partial charge in [-0.3, -0.25) is 4.79 Å². The summed E-state index contributed by atoms with van der Waals surface area (Å²) >= 11 is 1.46. The number of aliphatic carboxylic acids is 1. The molecule has 0 amide bonds. The van der Waals surface area contributed by atoms with E-state index in [0.717, 1.165) is 0 Å². The third kappa shape index (κ3) is 3.98. The summed E-state index contributed by atoms with van der Waals surface area (Å²) in [6, 6.07) is -0.736. The summed E-state index contributed by atoms with van der Waals surface area (Å²) in [5.41, 5.74) is 5.25. The molecule has 0 saturated carbocycles. The molecule has 2 unspecified atom stereocenters. The van der Waals surface area contributed by atoms with Gasteiger partial charge in [-0.2, -0.15) is 11.8 Å². The largest absolute Gasteiger partial charge is 0.480 e. The molecule has 0 aliphatic heterocycles. The van der Waals surface area contributed by atoms with Crippen LogP contribution in [0.2, 0.25) is 0 Å². The summed E-state index contributed by atoms with van der Waals surface area (Å²) in [4.78, 5) is 10.2. The molecule has 0 saturated heterocycles. The average molecular weight is 186 g/mol. The Morgan fingerprint density at radius 3 is 2.20 bits per heavy atom. The molecule has 0 aromatic heterocycles. The van der Waals surface area contributed by atoms with Crippen LogP contribution in [0.4, 0.5) is 0 Å². The number of hydrogen-bond donors (Lipinski definition) is 2. The summed E-state index contributed by atoms with van der Waals surface area (Å²) in [7, 11) is 0. The van der Waals surface area contributed by atoms with Gasteiger partial charge in [0.2, 0.25) is 0 Å². The molecule has 10 heavy (non-hydrogen) atoms. The monoisotopic (exact) mass is 185 g/mol. The highest BCUT2D eigenvalue weighted by Crippen LogP contribution is 2.07. The Kier molecular flexibility index (Phi) is 7.41. The highest BCUT2D eigenvalue weighted by molar-refractivity contribution is 7.99. The first-order valence-electron chi connectivity index (χ1n) is 2.60. The van der Waals surface area contributed by atoms with E-state index in [2.05, 4.69) is 0 Å². The van der Waals surface area contributed by atoms with Crippen molar-refractivity contribution < 1.29 is 9.90 Å². The van der Waals surface area contributed by atoms with Crippen LogP contribution in [0, 0.1) is 0 Å². The molecule has 3 N–H and O–H groups in total. The predicted molar refractivity (Wildman–Crippen MR) is 45.8 cm³/mol. The molecule has 0 heterocycles. The van der Waals surface area contributed by atoms with Gasteiger partial charge in [-0.1, -0.05) is 6.92 Å². The van der Waals surface area contributed by atoms with Crippen LogP contribution in [0.5, 0.6) is 0 Å². The number of rotatable bonds is 3. The molecule has 0 rings (SSSR count). The lowest BCUT2D eigenvalue weighted by molar-refractivity contribution is -0.138. The smallest absolute Gasteiger partial charge is 0.321 e. The minimum Gasteiger partial charge on any atom is -0.480 e. The molecule has 0 radical (unpaired) electrons. The quantitative estimate of drug-likeness (QED) is 0.675. The summed E-state index contributed by atoms with van der Waals surface area (Å²) in [5, 5.41) is 8.33. The molecule has 62 valence electrons. The Hall–Kier alpha value is 0.0700. The molecule has 0 spiro atoms. The number of carbonyl (C=O) groups is 1. The second-order valence-corrected chi connectivity index (χ2v) is 3.02. The number of carboxylic acid groups (broad SMARTS) is 1. The van der Waals surface area contributed by atoms with Gasteiger partial charge in [0, 0.05) is 5.25 Å². The molecule has 0 aromatic rings. The van der Waals surface area contributed by atoms with Gasteiger partial charge >= 0.3 is 5.97 Å². The van der Waals surface area contributed by atoms with E-state index in [-0.39, 0.29) is 17.7 Å². The van der Waals surface area contributed by atoms with Crippen molar-refractivity contribution in [3.05, 3.63) is 0 Å². The number of nitrogens with two attached hydrogens (primary N) is 1. The highest BCUT2D eigenvalue weighted by Gasteiger charge is 2.17. The first kappa shape index (κ1) is 12.7. The Balaban J connectivity index is 0. The van der Waals surface area contributed by atoms with Gasteiger partial charge in [0.15, 0.2) is 0 Å². The van der Waals surface area contributed by atoms with Crippen molar-refractivity contribution in [2.24, 2.45) is 5.73 Å². The number of hydrogen-bond acceptors (Lipinski definition) is 3. The summed E-state index contributed by atoms with van der Waals surface area (Å²) in [5.74, 6) is -0.933. The first-order chi connectivity index (χ1) is 4.09. The van der Waals surface area contributed by atoms with Crippen molar-refractivity contribution >= 4 is 30.1 Å². The Bertz CT molecular complexity index is 112. The van der Waals surface area contributed by atoms with E-state index in [1.165, 1.54) is 11.8 Å². The Labute approximate surface area is 70.8 Å². The van der Waals surface area contributed by atoms with Gasteiger partial charge in [0.05, 0.1) is 0 Å². The van der Waals surface area contributed by atoms with Gasteiger partial charge in [0.25, 0.3) is 0 Å². The SMILES string of the molecule is CSC(C)C(N)C(=O)O.Cl. The van der Waals surface area contributed by atoms with Crippen molar-refractivity contribution in [1.82, 2.24) is 0 Å². The molecule has 5 heteroatoms. The lowest BCUT2D eigenvalue weighted by Crippen LogP contribution is -2.38. The fraction of sp³-hybridized carbons (Fsp3) is 0.800. The van der Waals surface area contributed by atoms with E-state index in [4.69, 9.17) is 10.8 Å². The van der Waals surface area contributed by atoms with Gasteiger partial charge in [-0.25, -0.2) is 0 Å². The van der Waals surface area contributed by atoms with Crippen LogP contribution >= 0.6 is 24.2 Å². The highest BCUT2D eigenvalue weighted by atomic mass is 35.5. The van der Waals surface area contributed by atoms with Crippen molar-refractivity contribution in [1.29, 1.82) is 0 Å². The second-order valence-electron chi connectivity index (χ2n) is 1.80. The van der Waals surface area contributed by atoms with Crippen molar-refractivity contribution in [2.45, 2.75) is 18.2 Å². The zero-order valence-electron chi connectivity index (χ0n) is 5.90. The molecule has 2 atom stereocenters. The maximum atomic E-state index is 10.2. The fourth-order valence-electron chi connectivity index (χ4n) is 0.347. The second kappa shape index (κ2) is 5.82.